The first-order valence-corrected chi connectivity index (χ1v) is 6.19. The summed E-state index contributed by atoms with van der Waals surface area (Å²) < 4.78 is 2.71. The second kappa shape index (κ2) is 5.84. The van der Waals surface area contributed by atoms with Gasteiger partial charge >= 0.3 is 0 Å². The monoisotopic (exact) mass is 295 g/mol. The Bertz CT molecular complexity index is 459. The summed E-state index contributed by atoms with van der Waals surface area (Å²) in [5, 5.41) is 17.1. The van der Waals surface area contributed by atoms with E-state index in [4.69, 9.17) is 0 Å². The smallest absolute Gasteiger partial charge is 0.0907 e. The molecule has 1 aromatic carbocycles. The highest BCUT2D eigenvalue weighted by Gasteiger charge is 2.06. The van der Waals surface area contributed by atoms with E-state index in [1.165, 1.54) is 0 Å². The Kier molecular flexibility index (Phi) is 4.17. The van der Waals surface area contributed by atoms with Gasteiger partial charge in [-0.1, -0.05) is 12.1 Å². The third-order valence-electron chi connectivity index (χ3n) is 2.36. The Morgan fingerprint density at radius 3 is 2.88 bits per heavy atom. The van der Waals surface area contributed by atoms with Crippen LogP contribution in [0.2, 0.25) is 0 Å². The highest BCUT2D eigenvalue weighted by molar-refractivity contribution is 9.10. The van der Waals surface area contributed by atoms with E-state index in [9.17, 15) is 5.11 Å². The molecule has 2 aromatic rings. The standard InChI is InChI=1S/C12H14BrN3O/c13-11-4-1-2-5-12(11)14-8-10(17)9-16-7-3-6-15-16/h1-7,10,14,17H,8-9H2. The topological polar surface area (TPSA) is 50.1 Å². The van der Waals surface area contributed by atoms with Crippen LogP contribution in [-0.2, 0) is 6.54 Å². The molecular formula is C12H14BrN3O. The van der Waals surface area contributed by atoms with Crippen molar-refractivity contribution >= 4 is 21.6 Å². The molecule has 0 saturated heterocycles. The number of hydrogen-bond acceptors (Lipinski definition) is 3. The van der Waals surface area contributed by atoms with Crippen molar-refractivity contribution in [1.82, 2.24) is 9.78 Å². The number of aliphatic hydroxyl groups is 1. The van der Waals surface area contributed by atoms with Crippen LogP contribution >= 0.6 is 15.9 Å². The molecule has 1 heterocycles. The first-order valence-electron chi connectivity index (χ1n) is 5.39. The van der Waals surface area contributed by atoms with Crippen LogP contribution in [0.3, 0.4) is 0 Å². The van der Waals surface area contributed by atoms with Crippen LogP contribution in [0.25, 0.3) is 0 Å². The molecule has 1 aromatic heterocycles. The molecule has 0 bridgehead atoms. The lowest BCUT2D eigenvalue weighted by Crippen LogP contribution is -2.25. The normalized spacial score (nSPS) is 12.4. The van der Waals surface area contributed by atoms with Gasteiger partial charge in [0.1, 0.15) is 0 Å². The zero-order valence-corrected chi connectivity index (χ0v) is 10.8. The Morgan fingerprint density at radius 1 is 1.35 bits per heavy atom. The fourth-order valence-corrected chi connectivity index (χ4v) is 1.95. The number of benzene rings is 1. The van der Waals surface area contributed by atoms with E-state index < -0.39 is 6.10 Å². The van der Waals surface area contributed by atoms with Crippen LogP contribution in [0.5, 0.6) is 0 Å². The maximum Gasteiger partial charge on any atom is 0.0907 e. The Hall–Kier alpha value is -1.33. The minimum atomic E-state index is -0.470. The van der Waals surface area contributed by atoms with Crippen molar-refractivity contribution < 1.29 is 5.11 Å². The number of nitrogens with one attached hydrogen (secondary N) is 1. The van der Waals surface area contributed by atoms with E-state index in [2.05, 4.69) is 26.3 Å². The first kappa shape index (κ1) is 12.1. The molecule has 0 radical (unpaired) electrons. The van der Waals surface area contributed by atoms with Crippen molar-refractivity contribution in [3.63, 3.8) is 0 Å². The third-order valence-corrected chi connectivity index (χ3v) is 3.05. The van der Waals surface area contributed by atoms with E-state index >= 15 is 0 Å². The molecule has 0 fully saturated rings. The summed E-state index contributed by atoms with van der Waals surface area (Å²) >= 11 is 3.45. The molecule has 0 aliphatic heterocycles. The molecule has 5 heteroatoms. The average molecular weight is 296 g/mol. The van der Waals surface area contributed by atoms with E-state index in [1.54, 1.807) is 10.9 Å². The Labute approximate surface area is 108 Å². The van der Waals surface area contributed by atoms with Crippen LogP contribution in [0.1, 0.15) is 0 Å². The largest absolute Gasteiger partial charge is 0.389 e. The van der Waals surface area contributed by atoms with Crippen LogP contribution in [-0.4, -0.2) is 27.5 Å². The van der Waals surface area contributed by atoms with Crippen molar-refractivity contribution in [1.29, 1.82) is 0 Å². The number of anilines is 1. The van der Waals surface area contributed by atoms with Crippen molar-refractivity contribution in [3.05, 3.63) is 47.2 Å². The number of aliphatic hydroxyl groups excluding tert-OH is 1. The summed E-state index contributed by atoms with van der Waals surface area (Å²) in [4.78, 5) is 0. The highest BCUT2D eigenvalue weighted by Crippen LogP contribution is 2.20. The van der Waals surface area contributed by atoms with Crippen LogP contribution in [0.4, 0.5) is 5.69 Å². The molecular weight excluding hydrogens is 282 g/mol. The molecule has 2 rings (SSSR count). The summed E-state index contributed by atoms with van der Waals surface area (Å²) in [6.07, 6.45) is 3.07. The van der Waals surface area contributed by atoms with Gasteiger partial charge in [-0.25, -0.2) is 0 Å². The zero-order chi connectivity index (χ0) is 12.1. The lowest BCUT2D eigenvalue weighted by atomic mass is 10.3. The number of aromatic nitrogens is 2. The van der Waals surface area contributed by atoms with Gasteiger partial charge in [-0.05, 0) is 34.1 Å². The molecule has 0 saturated carbocycles. The van der Waals surface area contributed by atoms with Crippen molar-refractivity contribution in [2.75, 3.05) is 11.9 Å². The Morgan fingerprint density at radius 2 is 2.18 bits per heavy atom. The van der Waals surface area contributed by atoms with Gasteiger partial charge in [-0.2, -0.15) is 5.10 Å². The SMILES string of the molecule is OC(CNc1ccccc1Br)Cn1cccn1. The molecule has 0 aliphatic rings. The summed E-state index contributed by atoms with van der Waals surface area (Å²) in [5.41, 5.74) is 0.979. The highest BCUT2D eigenvalue weighted by atomic mass is 79.9. The minimum Gasteiger partial charge on any atom is -0.389 e. The number of rotatable bonds is 5. The molecule has 0 aliphatic carbocycles. The number of halogens is 1. The minimum absolute atomic E-state index is 0.470. The zero-order valence-electron chi connectivity index (χ0n) is 9.25. The van der Waals surface area contributed by atoms with E-state index in [1.807, 2.05) is 36.5 Å². The second-order valence-electron chi connectivity index (χ2n) is 3.74. The molecule has 1 unspecified atom stereocenters. The maximum absolute atomic E-state index is 9.83. The molecule has 0 spiro atoms. The van der Waals surface area contributed by atoms with Gasteiger partial charge in [-0.3, -0.25) is 4.68 Å². The van der Waals surface area contributed by atoms with Crippen LogP contribution in [0, 0.1) is 0 Å². The van der Waals surface area contributed by atoms with Gasteiger partial charge in [0, 0.05) is 29.1 Å². The Balaban J connectivity index is 1.84. The number of nitrogens with zero attached hydrogens (tertiary/aromatic N) is 2. The summed E-state index contributed by atoms with van der Waals surface area (Å²) in [5.74, 6) is 0. The second-order valence-corrected chi connectivity index (χ2v) is 4.60. The molecule has 0 amide bonds. The van der Waals surface area contributed by atoms with Crippen LogP contribution in [0.15, 0.2) is 47.2 Å². The molecule has 90 valence electrons. The maximum atomic E-state index is 9.83. The van der Waals surface area contributed by atoms with Gasteiger partial charge in [0.15, 0.2) is 0 Å². The van der Waals surface area contributed by atoms with E-state index in [0.717, 1.165) is 10.2 Å². The third kappa shape index (κ3) is 3.57. The quantitative estimate of drug-likeness (QED) is 0.888. The average Bonchev–Trinajstić information content (AvgIpc) is 2.81. The molecule has 17 heavy (non-hydrogen) atoms. The van der Waals surface area contributed by atoms with Gasteiger partial charge < -0.3 is 10.4 Å². The molecule has 2 N–H and O–H groups in total. The summed E-state index contributed by atoms with van der Waals surface area (Å²) in [6, 6.07) is 9.67. The summed E-state index contributed by atoms with van der Waals surface area (Å²) in [6.45, 7) is 0.979. The van der Waals surface area contributed by atoms with Crippen LogP contribution < -0.4 is 5.32 Å². The van der Waals surface area contributed by atoms with Gasteiger partial charge in [0.25, 0.3) is 0 Å². The lowest BCUT2D eigenvalue weighted by Gasteiger charge is -2.13. The van der Waals surface area contributed by atoms with Crippen molar-refractivity contribution in [2.24, 2.45) is 0 Å². The van der Waals surface area contributed by atoms with Gasteiger partial charge in [0.05, 0.1) is 12.6 Å². The lowest BCUT2D eigenvalue weighted by molar-refractivity contribution is 0.161. The predicted octanol–water partition coefficient (Wildman–Crippen LogP) is 2.12. The predicted molar refractivity (Wildman–Crippen MR) is 70.9 cm³/mol. The van der Waals surface area contributed by atoms with Crippen molar-refractivity contribution in [3.8, 4) is 0 Å². The summed E-state index contributed by atoms with van der Waals surface area (Å²) in [7, 11) is 0. The molecule has 1 atom stereocenters. The van der Waals surface area contributed by atoms with Crippen molar-refractivity contribution in [2.45, 2.75) is 12.6 Å². The first-order chi connectivity index (χ1) is 8.25. The van der Waals surface area contributed by atoms with E-state index in [0.29, 0.717) is 13.1 Å². The number of para-hydroxylation sites is 1. The van der Waals surface area contributed by atoms with E-state index in [-0.39, 0.29) is 0 Å². The van der Waals surface area contributed by atoms with Gasteiger partial charge in [-0.15, -0.1) is 0 Å². The number of hydrogen-bond donors (Lipinski definition) is 2. The fourth-order valence-electron chi connectivity index (χ4n) is 1.52. The fraction of sp³-hybridized carbons (Fsp3) is 0.250. The molecule has 4 nitrogen and oxygen atoms in total. The van der Waals surface area contributed by atoms with Gasteiger partial charge in [0.2, 0.25) is 0 Å².